The highest BCUT2D eigenvalue weighted by Crippen LogP contribution is 2.36. The summed E-state index contributed by atoms with van der Waals surface area (Å²) in [6.45, 7) is 1.28. The summed E-state index contributed by atoms with van der Waals surface area (Å²) in [5, 5.41) is 0. The number of ketones is 1. The second kappa shape index (κ2) is 7.77. The number of sulfonamides is 1. The summed E-state index contributed by atoms with van der Waals surface area (Å²) in [4.78, 5) is 12.7. The molecule has 0 aromatic heterocycles. The van der Waals surface area contributed by atoms with Crippen molar-refractivity contribution < 1.29 is 22.7 Å². The van der Waals surface area contributed by atoms with Crippen LogP contribution in [0, 0.1) is 0 Å². The molecule has 1 fully saturated rings. The number of hydrogen-bond donors (Lipinski definition) is 0. The third-order valence-electron chi connectivity index (χ3n) is 4.93. The molecule has 4 rings (SSSR count). The first-order chi connectivity index (χ1) is 13.6. The number of benzene rings is 2. The highest BCUT2D eigenvalue weighted by molar-refractivity contribution is 7.89. The highest BCUT2D eigenvalue weighted by atomic mass is 32.2. The van der Waals surface area contributed by atoms with Crippen LogP contribution >= 0.6 is 0 Å². The first-order valence-corrected chi connectivity index (χ1v) is 10.7. The minimum atomic E-state index is -3.49. The molecule has 0 amide bonds. The molecule has 28 heavy (non-hydrogen) atoms. The molecule has 146 valence electrons. The fraction of sp³-hybridized carbons (Fsp3) is 0.286. The Kier molecular flexibility index (Phi) is 5.19. The summed E-state index contributed by atoms with van der Waals surface area (Å²) in [5.74, 6) is 1.06. The molecule has 1 saturated heterocycles. The Morgan fingerprint density at radius 3 is 2.46 bits per heavy atom. The van der Waals surface area contributed by atoms with Crippen molar-refractivity contribution in [3.63, 3.8) is 0 Å². The van der Waals surface area contributed by atoms with Gasteiger partial charge in [0.2, 0.25) is 16.8 Å². The van der Waals surface area contributed by atoms with Gasteiger partial charge in [0.15, 0.2) is 17.3 Å². The molecule has 0 bridgehead atoms. The molecule has 0 radical (unpaired) electrons. The fourth-order valence-electron chi connectivity index (χ4n) is 3.39. The molecule has 0 N–H and O–H groups in total. The van der Waals surface area contributed by atoms with Crippen LogP contribution in [-0.4, -0.2) is 38.4 Å². The molecule has 2 aromatic carbocycles. The number of carbonyl (C=O) groups is 1. The average Bonchev–Trinajstić information content (AvgIpc) is 3.22. The predicted molar refractivity (Wildman–Crippen MR) is 105 cm³/mol. The van der Waals surface area contributed by atoms with Gasteiger partial charge < -0.3 is 9.47 Å². The molecule has 2 aromatic rings. The zero-order valence-electron chi connectivity index (χ0n) is 15.3. The average molecular weight is 399 g/mol. The molecule has 0 aliphatic carbocycles. The third-order valence-corrected chi connectivity index (χ3v) is 6.85. The van der Waals surface area contributed by atoms with Crippen molar-refractivity contribution in [3.8, 4) is 11.5 Å². The first kappa shape index (κ1) is 18.7. The van der Waals surface area contributed by atoms with Gasteiger partial charge in [-0.25, -0.2) is 8.42 Å². The van der Waals surface area contributed by atoms with Gasteiger partial charge in [-0.1, -0.05) is 18.6 Å². The number of para-hydroxylation sites is 1. The van der Waals surface area contributed by atoms with Crippen molar-refractivity contribution in [2.24, 2.45) is 0 Å². The number of fused-ring (bicyclic) bond motifs is 1. The number of ether oxygens (including phenoxy) is 2. The van der Waals surface area contributed by atoms with E-state index in [0.29, 0.717) is 30.2 Å². The quantitative estimate of drug-likeness (QED) is 0.568. The van der Waals surface area contributed by atoms with Crippen LogP contribution in [0.3, 0.4) is 0 Å². The van der Waals surface area contributed by atoms with Crippen molar-refractivity contribution in [2.75, 3.05) is 19.9 Å². The molecular formula is C21H21NO5S. The van der Waals surface area contributed by atoms with E-state index in [2.05, 4.69) is 0 Å². The lowest BCUT2D eigenvalue weighted by molar-refractivity contribution is 0.104. The number of nitrogens with zero attached hydrogens (tertiary/aromatic N) is 1. The minimum absolute atomic E-state index is 0.168. The van der Waals surface area contributed by atoms with Gasteiger partial charge >= 0.3 is 0 Å². The standard InChI is InChI=1S/C21H21NO5S/c23-19(12-9-17-5-4-6-20-21(17)27-15-26-20)16-7-10-18(11-8-16)28(24,25)22-13-2-1-3-14-22/h4-12H,1-3,13-15H2/b12-9+. The van der Waals surface area contributed by atoms with Gasteiger partial charge in [0.1, 0.15) is 0 Å². The number of carbonyl (C=O) groups excluding carboxylic acids is 1. The number of rotatable bonds is 5. The highest BCUT2D eigenvalue weighted by Gasteiger charge is 2.25. The number of allylic oxidation sites excluding steroid dienone is 1. The summed E-state index contributed by atoms with van der Waals surface area (Å²) < 4.78 is 37.6. The third kappa shape index (κ3) is 3.68. The zero-order valence-corrected chi connectivity index (χ0v) is 16.2. The van der Waals surface area contributed by atoms with Crippen LogP contribution in [0.15, 0.2) is 53.4 Å². The molecule has 2 heterocycles. The normalized spacial score (nSPS) is 17.1. The number of piperidine rings is 1. The Morgan fingerprint density at radius 2 is 1.71 bits per heavy atom. The molecular weight excluding hydrogens is 378 g/mol. The van der Waals surface area contributed by atoms with E-state index < -0.39 is 10.0 Å². The predicted octanol–water partition coefficient (Wildman–Crippen LogP) is 3.49. The first-order valence-electron chi connectivity index (χ1n) is 9.27. The van der Waals surface area contributed by atoms with Crippen LogP contribution in [-0.2, 0) is 10.0 Å². The smallest absolute Gasteiger partial charge is 0.243 e. The van der Waals surface area contributed by atoms with Gasteiger partial charge in [-0.15, -0.1) is 0 Å². The summed E-state index contributed by atoms with van der Waals surface area (Å²) in [6, 6.07) is 11.6. The topological polar surface area (TPSA) is 72.9 Å². The molecule has 7 heteroatoms. The molecule has 6 nitrogen and oxygen atoms in total. The van der Waals surface area contributed by atoms with E-state index in [0.717, 1.165) is 24.8 Å². The van der Waals surface area contributed by atoms with E-state index in [4.69, 9.17) is 9.47 Å². The Labute approximate surface area is 164 Å². The zero-order chi connectivity index (χ0) is 19.6. The lowest BCUT2D eigenvalue weighted by Crippen LogP contribution is -2.35. The largest absolute Gasteiger partial charge is 0.454 e. The molecule has 2 aliphatic rings. The van der Waals surface area contributed by atoms with Crippen LogP contribution in [0.1, 0.15) is 35.2 Å². The summed E-state index contributed by atoms with van der Waals surface area (Å²) in [6.07, 6.45) is 5.96. The lowest BCUT2D eigenvalue weighted by Gasteiger charge is -2.25. The molecule has 0 saturated carbocycles. The SMILES string of the molecule is O=C(/C=C/c1cccc2c1OCO2)c1ccc(S(=O)(=O)N2CCCCC2)cc1. The monoisotopic (exact) mass is 399 g/mol. The van der Waals surface area contributed by atoms with Crippen molar-refractivity contribution in [2.45, 2.75) is 24.2 Å². The van der Waals surface area contributed by atoms with E-state index in [-0.39, 0.29) is 17.5 Å². The van der Waals surface area contributed by atoms with Gasteiger partial charge in [0.05, 0.1) is 4.90 Å². The Balaban J connectivity index is 1.49. The summed E-state index contributed by atoms with van der Waals surface area (Å²) >= 11 is 0. The van der Waals surface area contributed by atoms with E-state index in [9.17, 15) is 13.2 Å². The maximum atomic E-state index is 12.7. The van der Waals surface area contributed by atoms with Crippen LogP contribution in [0.2, 0.25) is 0 Å². The fourth-order valence-corrected chi connectivity index (χ4v) is 4.91. The van der Waals surface area contributed by atoms with E-state index >= 15 is 0 Å². The van der Waals surface area contributed by atoms with E-state index in [1.165, 1.54) is 22.5 Å². The molecule has 0 spiro atoms. The maximum absolute atomic E-state index is 12.7. The second-order valence-electron chi connectivity index (χ2n) is 6.77. The van der Waals surface area contributed by atoms with E-state index in [1.54, 1.807) is 18.2 Å². The second-order valence-corrected chi connectivity index (χ2v) is 8.71. The van der Waals surface area contributed by atoms with Crippen LogP contribution in [0.5, 0.6) is 11.5 Å². The van der Waals surface area contributed by atoms with Gasteiger partial charge in [-0.3, -0.25) is 4.79 Å². The summed E-state index contributed by atoms with van der Waals surface area (Å²) in [7, 11) is -3.49. The Bertz CT molecular complexity index is 1010. The van der Waals surface area contributed by atoms with Gasteiger partial charge in [-0.05, 0) is 55.3 Å². The van der Waals surface area contributed by atoms with Crippen molar-refractivity contribution in [1.29, 1.82) is 0 Å². The van der Waals surface area contributed by atoms with Crippen LogP contribution < -0.4 is 9.47 Å². The van der Waals surface area contributed by atoms with Crippen LogP contribution in [0.4, 0.5) is 0 Å². The maximum Gasteiger partial charge on any atom is 0.243 e. The lowest BCUT2D eigenvalue weighted by atomic mass is 10.1. The van der Waals surface area contributed by atoms with Crippen molar-refractivity contribution in [1.82, 2.24) is 4.31 Å². The Morgan fingerprint density at radius 1 is 0.964 bits per heavy atom. The molecule has 0 atom stereocenters. The molecule has 0 unspecified atom stereocenters. The van der Waals surface area contributed by atoms with E-state index in [1.807, 2.05) is 18.2 Å². The molecule has 2 aliphatic heterocycles. The van der Waals surface area contributed by atoms with Crippen LogP contribution in [0.25, 0.3) is 6.08 Å². The summed E-state index contributed by atoms with van der Waals surface area (Å²) in [5.41, 5.74) is 1.19. The van der Waals surface area contributed by atoms with Crippen molar-refractivity contribution in [3.05, 3.63) is 59.7 Å². The van der Waals surface area contributed by atoms with Crippen molar-refractivity contribution >= 4 is 21.9 Å². The minimum Gasteiger partial charge on any atom is -0.454 e. The van der Waals surface area contributed by atoms with Gasteiger partial charge in [-0.2, -0.15) is 4.31 Å². The van der Waals surface area contributed by atoms with Gasteiger partial charge in [0.25, 0.3) is 0 Å². The Hall–Kier alpha value is -2.64. The number of hydrogen-bond acceptors (Lipinski definition) is 5. The van der Waals surface area contributed by atoms with Gasteiger partial charge in [0, 0.05) is 24.2 Å².